The zero-order valence-electron chi connectivity index (χ0n) is 16.8. The average Bonchev–Trinajstić information content (AvgIpc) is 3.53. The Morgan fingerprint density at radius 3 is 2.55 bits per heavy atom. The van der Waals surface area contributed by atoms with Crippen LogP contribution in [0.25, 0.3) is 11.1 Å². The molecule has 1 N–H and O–H groups in total. The summed E-state index contributed by atoms with van der Waals surface area (Å²) < 4.78 is 6.51. The number of benzene rings is 2. The van der Waals surface area contributed by atoms with Crippen molar-refractivity contribution in [3.05, 3.63) is 52.0 Å². The monoisotopic (exact) mass is 459 g/mol. The summed E-state index contributed by atoms with van der Waals surface area (Å²) in [6.45, 7) is 3.38. The average molecular weight is 460 g/mol. The maximum Gasteiger partial charge on any atom is 0.307 e. The summed E-state index contributed by atoms with van der Waals surface area (Å²) in [6, 6.07) is 11.5. The van der Waals surface area contributed by atoms with Crippen LogP contribution in [0.2, 0.25) is 0 Å². The van der Waals surface area contributed by atoms with Crippen LogP contribution in [0.4, 0.5) is 0 Å². The molecule has 0 aliphatic heterocycles. The van der Waals surface area contributed by atoms with Gasteiger partial charge >= 0.3 is 5.97 Å². The minimum Gasteiger partial charge on any atom is -0.496 e. The molecule has 0 heterocycles. The van der Waals surface area contributed by atoms with Crippen molar-refractivity contribution in [1.82, 2.24) is 4.90 Å². The highest BCUT2D eigenvalue weighted by atomic mass is 79.9. The van der Waals surface area contributed by atoms with Gasteiger partial charge < -0.3 is 14.7 Å². The van der Waals surface area contributed by atoms with E-state index in [0.29, 0.717) is 25.3 Å². The van der Waals surface area contributed by atoms with Gasteiger partial charge in [0.15, 0.2) is 0 Å². The van der Waals surface area contributed by atoms with Crippen molar-refractivity contribution in [2.45, 2.75) is 32.6 Å². The zero-order chi connectivity index (χ0) is 21.0. The number of nitrogens with zero attached hydrogens (tertiary/aromatic N) is 1. The predicted octanol–water partition coefficient (Wildman–Crippen LogP) is 4.55. The van der Waals surface area contributed by atoms with Crippen LogP contribution >= 0.6 is 15.9 Å². The first-order chi connectivity index (χ1) is 13.9. The van der Waals surface area contributed by atoms with Gasteiger partial charge in [0.25, 0.3) is 0 Å². The summed E-state index contributed by atoms with van der Waals surface area (Å²) in [5, 5.41) is 9.15. The summed E-state index contributed by atoms with van der Waals surface area (Å²) in [5.41, 5.74) is 3.67. The summed E-state index contributed by atoms with van der Waals surface area (Å²) in [5.74, 6) is 0.299. The third kappa shape index (κ3) is 5.38. The van der Waals surface area contributed by atoms with Crippen molar-refractivity contribution >= 4 is 27.8 Å². The van der Waals surface area contributed by atoms with E-state index in [1.165, 1.54) is 0 Å². The summed E-state index contributed by atoms with van der Waals surface area (Å²) in [4.78, 5) is 25.5. The normalized spacial score (nSPS) is 13.2. The van der Waals surface area contributed by atoms with Crippen molar-refractivity contribution in [3.63, 3.8) is 0 Å². The van der Waals surface area contributed by atoms with E-state index in [9.17, 15) is 9.59 Å². The van der Waals surface area contributed by atoms with Gasteiger partial charge in [-0.1, -0.05) is 28.1 Å². The van der Waals surface area contributed by atoms with E-state index in [1.807, 2.05) is 36.1 Å². The van der Waals surface area contributed by atoms with E-state index < -0.39 is 5.97 Å². The van der Waals surface area contributed by atoms with Gasteiger partial charge in [-0.15, -0.1) is 0 Å². The lowest BCUT2D eigenvalue weighted by molar-refractivity contribution is -0.136. The molecule has 0 saturated heterocycles. The molecule has 0 spiro atoms. The minimum absolute atomic E-state index is 0.0393. The van der Waals surface area contributed by atoms with Gasteiger partial charge in [0, 0.05) is 29.0 Å². The smallest absolute Gasteiger partial charge is 0.307 e. The van der Waals surface area contributed by atoms with Gasteiger partial charge in [0.1, 0.15) is 5.75 Å². The van der Waals surface area contributed by atoms with Gasteiger partial charge in [-0.25, -0.2) is 0 Å². The van der Waals surface area contributed by atoms with Gasteiger partial charge in [0.2, 0.25) is 5.91 Å². The SMILES string of the molecule is CCN(CCc1cc(Br)ccc1-c1cc(CC(=O)O)ccc1OC)C(=O)C1CC1. The molecule has 0 unspecified atom stereocenters. The molecule has 3 rings (SSSR count). The van der Waals surface area contributed by atoms with E-state index in [2.05, 4.69) is 22.0 Å². The molecule has 0 bridgehead atoms. The van der Waals surface area contributed by atoms with E-state index in [1.54, 1.807) is 13.2 Å². The molecule has 5 nitrogen and oxygen atoms in total. The second kappa shape index (κ2) is 9.44. The van der Waals surface area contributed by atoms with Crippen molar-refractivity contribution < 1.29 is 19.4 Å². The number of rotatable bonds is 9. The van der Waals surface area contributed by atoms with E-state index >= 15 is 0 Å². The Morgan fingerprint density at radius 2 is 1.93 bits per heavy atom. The number of carbonyl (C=O) groups is 2. The van der Waals surface area contributed by atoms with Crippen LogP contribution in [-0.2, 0) is 22.4 Å². The highest BCUT2D eigenvalue weighted by molar-refractivity contribution is 9.10. The fourth-order valence-corrected chi connectivity index (χ4v) is 3.96. The second-order valence-electron chi connectivity index (χ2n) is 7.35. The van der Waals surface area contributed by atoms with Crippen molar-refractivity contribution in [3.8, 4) is 16.9 Å². The number of ether oxygens (including phenoxy) is 1. The van der Waals surface area contributed by atoms with Crippen molar-refractivity contribution in [2.24, 2.45) is 5.92 Å². The van der Waals surface area contributed by atoms with Gasteiger partial charge in [-0.3, -0.25) is 9.59 Å². The molecule has 1 amide bonds. The van der Waals surface area contributed by atoms with E-state index in [0.717, 1.165) is 39.6 Å². The topological polar surface area (TPSA) is 66.8 Å². The van der Waals surface area contributed by atoms with Crippen LogP contribution in [0, 0.1) is 5.92 Å². The molecule has 0 aromatic heterocycles. The van der Waals surface area contributed by atoms with Crippen molar-refractivity contribution in [1.29, 1.82) is 0 Å². The molecule has 6 heteroatoms. The van der Waals surface area contributed by atoms with E-state index in [-0.39, 0.29) is 18.2 Å². The van der Waals surface area contributed by atoms with Crippen molar-refractivity contribution in [2.75, 3.05) is 20.2 Å². The fraction of sp³-hybridized carbons (Fsp3) is 0.391. The lowest BCUT2D eigenvalue weighted by Gasteiger charge is -2.22. The molecular formula is C23H26BrNO4. The largest absolute Gasteiger partial charge is 0.496 e. The molecule has 1 aliphatic carbocycles. The quantitative estimate of drug-likeness (QED) is 0.596. The van der Waals surface area contributed by atoms with Crippen LogP contribution in [0.5, 0.6) is 5.75 Å². The van der Waals surface area contributed by atoms with Gasteiger partial charge in [0.05, 0.1) is 13.5 Å². The lowest BCUT2D eigenvalue weighted by atomic mass is 9.94. The van der Waals surface area contributed by atoms with Crippen LogP contribution in [0.3, 0.4) is 0 Å². The highest BCUT2D eigenvalue weighted by Gasteiger charge is 2.32. The van der Waals surface area contributed by atoms with Crippen LogP contribution in [-0.4, -0.2) is 42.1 Å². The summed E-state index contributed by atoms with van der Waals surface area (Å²) >= 11 is 3.55. The maximum absolute atomic E-state index is 12.5. The fourth-order valence-electron chi connectivity index (χ4n) is 3.55. The first kappa shape index (κ1) is 21.4. The number of carboxylic acid groups (broad SMARTS) is 1. The molecule has 1 saturated carbocycles. The second-order valence-corrected chi connectivity index (χ2v) is 8.26. The molecule has 154 valence electrons. The molecular weight excluding hydrogens is 434 g/mol. The Labute approximate surface area is 179 Å². The summed E-state index contributed by atoms with van der Waals surface area (Å²) in [6.07, 6.45) is 2.69. The van der Waals surface area contributed by atoms with E-state index in [4.69, 9.17) is 9.84 Å². The number of carbonyl (C=O) groups excluding carboxylic acids is 1. The van der Waals surface area contributed by atoms with Gasteiger partial charge in [-0.05, 0) is 67.1 Å². The first-order valence-electron chi connectivity index (χ1n) is 9.89. The molecule has 2 aromatic carbocycles. The number of amides is 1. The number of hydrogen-bond donors (Lipinski definition) is 1. The molecule has 2 aromatic rings. The number of hydrogen-bond acceptors (Lipinski definition) is 3. The number of aliphatic carboxylic acids is 1. The lowest BCUT2D eigenvalue weighted by Crippen LogP contribution is -2.33. The molecule has 0 atom stereocenters. The maximum atomic E-state index is 12.5. The molecule has 29 heavy (non-hydrogen) atoms. The number of methoxy groups -OCH3 is 1. The third-order valence-corrected chi connectivity index (χ3v) is 5.74. The molecule has 1 fully saturated rings. The number of halogens is 1. The first-order valence-corrected chi connectivity index (χ1v) is 10.7. The molecule has 1 aliphatic rings. The summed E-state index contributed by atoms with van der Waals surface area (Å²) in [7, 11) is 1.61. The number of likely N-dealkylation sites (N-methyl/N-ethyl adjacent to an activating group) is 1. The minimum atomic E-state index is -0.866. The Morgan fingerprint density at radius 1 is 1.17 bits per heavy atom. The Balaban J connectivity index is 1.92. The molecule has 0 radical (unpaired) electrons. The Kier molecular flexibility index (Phi) is 6.96. The zero-order valence-corrected chi connectivity index (χ0v) is 18.4. The standard InChI is InChI=1S/C23H26BrNO4/c1-3-25(23(28)16-5-6-16)11-10-17-14-18(24)7-8-19(17)20-12-15(13-22(26)27)4-9-21(20)29-2/h4,7-9,12,14,16H,3,5-6,10-11,13H2,1-2H3,(H,26,27). The third-order valence-electron chi connectivity index (χ3n) is 5.25. The highest BCUT2D eigenvalue weighted by Crippen LogP contribution is 2.35. The number of carboxylic acids is 1. The van der Waals surface area contributed by atoms with Crippen LogP contribution in [0.1, 0.15) is 30.9 Å². The predicted molar refractivity (Wildman–Crippen MR) is 116 cm³/mol. The Bertz CT molecular complexity index is 908. The van der Waals surface area contributed by atoms with Gasteiger partial charge in [-0.2, -0.15) is 0 Å². The Hall–Kier alpha value is -2.34. The van der Waals surface area contributed by atoms with Crippen LogP contribution < -0.4 is 4.74 Å². The van der Waals surface area contributed by atoms with Crippen LogP contribution in [0.15, 0.2) is 40.9 Å².